The van der Waals surface area contributed by atoms with Crippen LogP contribution in [0.4, 0.5) is 0 Å². The van der Waals surface area contributed by atoms with Gasteiger partial charge >= 0.3 is 0 Å². The summed E-state index contributed by atoms with van der Waals surface area (Å²) in [6.07, 6.45) is 4.86. The minimum Gasteiger partial charge on any atom is -0.352 e. The Kier molecular flexibility index (Phi) is 5.58. The molecular formula is C16H24N2O3S. The molecule has 3 N–H and O–H groups in total. The molecule has 1 aromatic carbocycles. The largest absolute Gasteiger partial charge is 0.352 e. The van der Waals surface area contributed by atoms with Gasteiger partial charge in [-0.1, -0.05) is 30.7 Å². The summed E-state index contributed by atoms with van der Waals surface area (Å²) in [5.74, 6) is 0.0679. The fourth-order valence-electron chi connectivity index (χ4n) is 2.93. The van der Waals surface area contributed by atoms with E-state index in [2.05, 4.69) is 5.32 Å². The maximum Gasteiger partial charge on any atom is 0.223 e. The Hall–Kier alpha value is -1.40. The minimum atomic E-state index is -3.05. The van der Waals surface area contributed by atoms with Crippen molar-refractivity contribution in [1.29, 1.82) is 0 Å². The molecule has 6 heteroatoms. The number of nitrogens with two attached hydrogens (primary N) is 1. The molecule has 5 nitrogen and oxygen atoms in total. The number of hydrogen-bond donors (Lipinski definition) is 2. The second kappa shape index (κ2) is 7.24. The van der Waals surface area contributed by atoms with Crippen LogP contribution in [0.1, 0.15) is 36.8 Å². The van der Waals surface area contributed by atoms with E-state index < -0.39 is 9.84 Å². The van der Waals surface area contributed by atoms with Gasteiger partial charge in [-0.2, -0.15) is 0 Å². The van der Waals surface area contributed by atoms with E-state index >= 15 is 0 Å². The first-order chi connectivity index (χ1) is 10.3. The fourth-order valence-corrected chi connectivity index (χ4v) is 3.72. The van der Waals surface area contributed by atoms with E-state index in [4.69, 9.17) is 5.73 Å². The van der Waals surface area contributed by atoms with Crippen molar-refractivity contribution in [3.63, 3.8) is 0 Å². The van der Waals surface area contributed by atoms with Crippen LogP contribution in [0.25, 0.3) is 0 Å². The minimum absolute atomic E-state index is 0.00273. The van der Waals surface area contributed by atoms with Crippen LogP contribution in [0.3, 0.4) is 0 Å². The molecule has 0 heterocycles. The van der Waals surface area contributed by atoms with Gasteiger partial charge in [0.05, 0.1) is 5.75 Å². The third-order valence-electron chi connectivity index (χ3n) is 3.97. The maximum atomic E-state index is 12.2. The van der Waals surface area contributed by atoms with Crippen molar-refractivity contribution in [2.45, 2.75) is 44.0 Å². The van der Waals surface area contributed by atoms with E-state index in [-0.39, 0.29) is 23.6 Å². The van der Waals surface area contributed by atoms with Crippen molar-refractivity contribution in [2.75, 3.05) is 6.26 Å². The van der Waals surface area contributed by atoms with Gasteiger partial charge in [0.1, 0.15) is 0 Å². The van der Waals surface area contributed by atoms with E-state index in [1.165, 1.54) is 6.26 Å². The Balaban J connectivity index is 1.91. The molecular weight excluding hydrogens is 300 g/mol. The van der Waals surface area contributed by atoms with E-state index in [0.29, 0.717) is 6.54 Å². The number of amides is 1. The molecule has 1 aliphatic carbocycles. The number of rotatable bonds is 5. The first kappa shape index (κ1) is 17.0. The number of hydrogen-bond acceptors (Lipinski definition) is 4. The number of sulfone groups is 1. The van der Waals surface area contributed by atoms with E-state index in [1.807, 2.05) is 18.2 Å². The Morgan fingerprint density at radius 3 is 2.73 bits per heavy atom. The van der Waals surface area contributed by atoms with E-state index in [1.54, 1.807) is 6.07 Å². The Morgan fingerprint density at radius 2 is 2.05 bits per heavy atom. The topological polar surface area (TPSA) is 89.3 Å². The van der Waals surface area contributed by atoms with Crippen molar-refractivity contribution < 1.29 is 13.2 Å². The van der Waals surface area contributed by atoms with Gasteiger partial charge in [0, 0.05) is 24.8 Å². The zero-order valence-corrected chi connectivity index (χ0v) is 13.7. The highest BCUT2D eigenvalue weighted by Gasteiger charge is 2.24. The molecule has 1 aliphatic rings. The number of nitrogens with one attached hydrogen (secondary N) is 1. The molecule has 0 radical (unpaired) electrons. The van der Waals surface area contributed by atoms with Crippen LogP contribution in [0.5, 0.6) is 0 Å². The SMILES string of the molecule is CS(=O)(=O)Cc1cccc(CNC(=O)C2CCCC(N)C2)c1. The maximum absolute atomic E-state index is 12.2. The zero-order chi connectivity index (χ0) is 16.2. The van der Waals surface area contributed by atoms with E-state index in [0.717, 1.165) is 36.8 Å². The summed E-state index contributed by atoms with van der Waals surface area (Å²) in [7, 11) is -3.05. The van der Waals surface area contributed by atoms with Crippen LogP contribution < -0.4 is 11.1 Å². The average Bonchev–Trinajstić information content (AvgIpc) is 2.43. The van der Waals surface area contributed by atoms with Crippen molar-refractivity contribution in [3.05, 3.63) is 35.4 Å². The summed E-state index contributed by atoms with van der Waals surface area (Å²) >= 11 is 0. The number of benzene rings is 1. The highest BCUT2D eigenvalue weighted by Crippen LogP contribution is 2.23. The normalized spacial score (nSPS) is 22.3. The molecule has 2 unspecified atom stereocenters. The third-order valence-corrected chi connectivity index (χ3v) is 4.83. The van der Waals surface area contributed by atoms with Crippen molar-refractivity contribution in [2.24, 2.45) is 11.7 Å². The fraction of sp³-hybridized carbons (Fsp3) is 0.562. The van der Waals surface area contributed by atoms with Crippen LogP contribution in [0, 0.1) is 5.92 Å². The van der Waals surface area contributed by atoms with Gasteiger partial charge in [0.25, 0.3) is 0 Å². The Labute approximate surface area is 132 Å². The molecule has 22 heavy (non-hydrogen) atoms. The molecule has 122 valence electrons. The summed E-state index contributed by atoms with van der Waals surface area (Å²) in [5.41, 5.74) is 7.57. The molecule has 1 amide bonds. The molecule has 2 atom stereocenters. The van der Waals surface area contributed by atoms with Crippen LogP contribution in [-0.2, 0) is 26.9 Å². The lowest BCUT2D eigenvalue weighted by molar-refractivity contribution is -0.126. The summed E-state index contributed by atoms with van der Waals surface area (Å²) in [6.45, 7) is 0.419. The summed E-state index contributed by atoms with van der Waals surface area (Å²) in [6, 6.07) is 7.44. The zero-order valence-electron chi connectivity index (χ0n) is 12.9. The van der Waals surface area contributed by atoms with Gasteiger partial charge in [-0.3, -0.25) is 4.79 Å². The third kappa shape index (κ3) is 5.42. The lowest BCUT2D eigenvalue weighted by Gasteiger charge is -2.25. The highest BCUT2D eigenvalue weighted by atomic mass is 32.2. The smallest absolute Gasteiger partial charge is 0.223 e. The summed E-state index contributed by atoms with van der Waals surface area (Å²) < 4.78 is 22.7. The number of carbonyl (C=O) groups is 1. The lowest BCUT2D eigenvalue weighted by atomic mass is 9.85. The van der Waals surface area contributed by atoms with Gasteiger partial charge in [0.2, 0.25) is 5.91 Å². The number of carbonyl (C=O) groups excluding carboxylic acids is 1. The van der Waals surface area contributed by atoms with Crippen molar-refractivity contribution >= 4 is 15.7 Å². The van der Waals surface area contributed by atoms with Crippen LogP contribution in [-0.4, -0.2) is 26.6 Å². The Bertz CT molecular complexity index is 628. The highest BCUT2D eigenvalue weighted by molar-refractivity contribution is 7.89. The van der Waals surface area contributed by atoms with Crippen LogP contribution in [0.2, 0.25) is 0 Å². The average molecular weight is 324 g/mol. The second-order valence-electron chi connectivity index (χ2n) is 6.23. The van der Waals surface area contributed by atoms with Crippen molar-refractivity contribution in [1.82, 2.24) is 5.32 Å². The van der Waals surface area contributed by atoms with Crippen LogP contribution >= 0.6 is 0 Å². The molecule has 0 spiro atoms. The second-order valence-corrected chi connectivity index (χ2v) is 8.37. The van der Waals surface area contributed by atoms with Crippen LogP contribution in [0.15, 0.2) is 24.3 Å². The van der Waals surface area contributed by atoms with E-state index in [9.17, 15) is 13.2 Å². The summed E-state index contributed by atoms with van der Waals surface area (Å²) in [4.78, 5) is 12.2. The first-order valence-electron chi connectivity index (χ1n) is 7.62. The lowest BCUT2D eigenvalue weighted by Crippen LogP contribution is -2.37. The molecule has 2 rings (SSSR count). The molecule has 0 aliphatic heterocycles. The Morgan fingerprint density at radius 1 is 1.32 bits per heavy atom. The van der Waals surface area contributed by atoms with Crippen molar-refractivity contribution in [3.8, 4) is 0 Å². The quantitative estimate of drug-likeness (QED) is 0.856. The molecule has 0 aromatic heterocycles. The molecule has 0 saturated heterocycles. The van der Waals surface area contributed by atoms with Gasteiger partial charge < -0.3 is 11.1 Å². The molecule has 1 fully saturated rings. The van der Waals surface area contributed by atoms with Gasteiger partial charge in [-0.25, -0.2) is 8.42 Å². The predicted octanol–water partition coefficient (Wildman–Crippen LogP) is 1.36. The van der Waals surface area contributed by atoms with Gasteiger partial charge in [0.15, 0.2) is 9.84 Å². The standard InChI is InChI=1S/C16H24N2O3S/c1-22(20,21)11-13-5-2-4-12(8-13)10-18-16(19)14-6-3-7-15(17)9-14/h2,4-5,8,14-15H,3,6-7,9-11,17H2,1H3,(H,18,19). The van der Waals surface area contributed by atoms with Gasteiger partial charge in [-0.15, -0.1) is 0 Å². The van der Waals surface area contributed by atoms with Gasteiger partial charge in [-0.05, 0) is 30.4 Å². The molecule has 1 saturated carbocycles. The molecule has 1 aromatic rings. The summed E-state index contributed by atoms with van der Waals surface area (Å²) in [5, 5.41) is 2.94. The molecule has 0 bridgehead atoms. The first-order valence-corrected chi connectivity index (χ1v) is 9.68. The monoisotopic (exact) mass is 324 g/mol. The predicted molar refractivity (Wildman–Crippen MR) is 86.8 cm³/mol.